The van der Waals surface area contributed by atoms with Crippen molar-refractivity contribution in [3.8, 4) is 0 Å². The molecular weight excluding hydrogens is 502 g/mol. The highest BCUT2D eigenvalue weighted by Crippen LogP contribution is 2.67. The number of nitrogens with one attached hydrogen (secondary N) is 1. The molecule has 0 bridgehead atoms. The smallest absolute Gasteiger partial charge is 0.220 e. The van der Waals surface area contributed by atoms with E-state index in [4.69, 9.17) is 11.6 Å². The molecule has 202 valence electrons. The third-order valence-electron chi connectivity index (χ3n) is 11.9. The molecule has 1 N–H and O–H groups in total. The first kappa shape index (κ1) is 26.0. The summed E-state index contributed by atoms with van der Waals surface area (Å²) < 4.78 is 0.779. The Labute approximate surface area is 230 Å². The zero-order valence-electron chi connectivity index (χ0n) is 22.6. The third-order valence-corrected chi connectivity index (χ3v) is 13.2. The SMILES string of the molecule is C[C@H](CC(=O)NC(c1ccc(Cl)s1)C1CC1)C1CC[C@H]2C3C(=O)CC4CC(=O)CCC4(C)[C@H]3CCC12C. The number of thiophene rings is 1. The fourth-order valence-corrected chi connectivity index (χ4v) is 10.9. The monoisotopic (exact) mass is 543 g/mol. The fraction of sp³-hybridized carbons (Fsp3) is 0.774. The van der Waals surface area contributed by atoms with Gasteiger partial charge in [-0.3, -0.25) is 14.4 Å². The maximum absolute atomic E-state index is 13.6. The second kappa shape index (κ2) is 9.47. The Morgan fingerprint density at radius 1 is 1.05 bits per heavy atom. The van der Waals surface area contributed by atoms with Gasteiger partial charge in [-0.2, -0.15) is 0 Å². The van der Waals surface area contributed by atoms with Crippen LogP contribution in [0.25, 0.3) is 0 Å². The quantitative estimate of drug-likeness (QED) is 0.406. The molecule has 4 nitrogen and oxygen atoms in total. The van der Waals surface area contributed by atoms with Crippen LogP contribution in [0.1, 0.15) is 102 Å². The number of carbonyl (C=O) groups excluding carboxylic acids is 3. The molecule has 0 spiro atoms. The van der Waals surface area contributed by atoms with E-state index in [0.29, 0.717) is 66.8 Å². The summed E-state index contributed by atoms with van der Waals surface area (Å²) in [5, 5.41) is 3.37. The van der Waals surface area contributed by atoms with Crippen LogP contribution >= 0.6 is 22.9 Å². The summed E-state index contributed by atoms with van der Waals surface area (Å²) in [6, 6.07) is 4.09. The largest absolute Gasteiger partial charge is 0.348 e. The molecule has 0 aliphatic heterocycles. The van der Waals surface area contributed by atoms with Gasteiger partial charge < -0.3 is 5.32 Å². The van der Waals surface area contributed by atoms with Crippen LogP contribution in [0.4, 0.5) is 0 Å². The Bertz CT molecular complexity index is 1100. The minimum absolute atomic E-state index is 0.0930. The maximum Gasteiger partial charge on any atom is 0.220 e. The van der Waals surface area contributed by atoms with Crippen molar-refractivity contribution in [1.82, 2.24) is 5.32 Å². The molecule has 6 heteroatoms. The van der Waals surface area contributed by atoms with Gasteiger partial charge in [0.25, 0.3) is 0 Å². The van der Waals surface area contributed by atoms with Gasteiger partial charge in [0.2, 0.25) is 5.91 Å². The number of hydrogen-bond donors (Lipinski definition) is 1. The van der Waals surface area contributed by atoms with Crippen molar-refractivity contribution in [3.63, 3.8) is 0 Å². The lowest BCUT2D eigenvalue weighted by molar-refractivity contribution is -0.159. The van der Waals surface area contributed by atoms with E-state index >= 15 is 0 Å². The van der Waals surface area contributed by atoms with Crippen molar-refractivity contribution >= 4 is 40.4 Å². The number of hydrogen-bond acceptors (Lipinski definition) is 4. The third kappa shape index (κ3) is 4.44. The minimum atomic E-state index is 0.0930. The lowest BCUT2D eigenvalue weighted by Crippen LogP contribution is -2.57. The Morgan fingerprint density at radius 3 is 2.51 bits per heavy atom. The molecule has 1 amide bonds. The van der Waals surface area contributed by atoms with E-state index in [2.05, 4.69) is 32.2 Å². The van der Waals surface area contributed by atoms with Gasteiger partial charge in [0, 0.05) is 36.5 Å². The van der Waals surface area contributed by atoms with Crippen LogP contribution in [0.3, 0.4) is 0 Å². The molecule has 5 fully saturated rings. The van der Waals surface area contributed by atoms with Gasteiger partial charge in [-0.05, 0) is 103 Å². The van der Waals surface area contributed by atoms with E-state index in [9.17, 15) is 14.4 Å². The molecule has 0 aromatic carbocycles. The number of rotatable bonds is 6. The summed E-state index contributed by atoms with van der Waals surface area (Å²) in [5.41, 5.74) is 0.265. The molecular formula is C31H42ClNO3S. The predicted octanol–water partition coefficient (Wildman–Crippen LogP) is 7.40. The van der Waals surface area contributed by atoms with Crippen LogP contribution in [0.5, 0.6) is 0 Å². The zero-order valence-corrected chi connectivity index (χ0v) is 24.1. The lowest BCUT2D eigenvalue weighted by atomic mass is 9.44. The van der Waals surface area contributed by atoms with E-state index in [0.717, 1.165) is 36.4 Å². The number of halogens is 1. The van der Waals surface area contributed by atoms with Crippen LogP contribution in [0.15, 0.2) is 12.1 Å². The van der Waals surface area contributed by atoms with Crippen LogP contribution < -0.4 is 5.32 Å². The Hall–Kier alpha value is -1.20. The number of amides is 1. The van der Waals surface area contributed by atoms with Gasteiger partial charge in [-0.25, -0.2) is 0 Å². The summed E-state index contributed by atoms with van der Waals surface area (Å²) in [7, 11) is 0. The van der Waals surface area contributed by atoms with E-state index in [1.54, 1.807) is 11.3 Å². The van der Waals surface area contributed by atoms with Crippen molar-refractivity contribution in [2.45, 2.75) is 97.4 Å². The van der Waals surface area contributed by atoms with Crippen molar-refractivity contribution in [2.75, 3.05) is 0 Å². The van der Waals surface area contributed by atoms with Gasteiger partial charge in [0.15, 0.2) is 0 Å². The van der Waals surface area contributed by atoms with Crippen LogP contribution in [-0.2, 0) is 14.4 Å². The summed E-state index contributed by atoms with van der Waals surface area (Å²) in [5.74, 6) is 3.53. The van der Waals surface area contributed by atoms with Crippen molar-refractivity contribution in [3.05, 3.63) is 21.3 Å². The highest BCUT2D eigenvalue weighted by atomic mass is 35.5. The highest BCUT2D eigenvalue weighted by Gasteiger charge is 2.63. The van der Waals surface area contributed by atoms with Crippen molar-refractivity contribution in [1.29, 1.82) is 0 Å². The van der Waals surface area contributed by atoms with Gasteiger partial charge in [-0.15, -0.1) is 11.3 Å². The molecule has 0 radical (unpaired) electrons. The first-order valence-electron chi connectivity index (χ1n) is 14.7. The summed E-state index contributed by atoms with van der Waals surface area (Å²) in [6.45, 7) is 7.10. The fourth-order valence-electron chi connectivity index (χ4n) is 9.71. The first-order chi connectivity index (χ1) is 17.6. The standard InChI is InChI=1S/C31H42ClNO3S/c1-17(14-27(36)33-29(18-4-5-18)25-8-9-26(32)37-25)21-6-7-22-28-23(11-13-31(21,22)3)30(2)12-10-20(34)15-19(30)16-24(28)35/h8-9,17-19,21-23,28-29H,4-7,10-16H2,1-3H3,(H,33,36)/t17-,19?,21?,22+,23+,28?,29?,30?,31?/m1/s1. The molecule has 1 heterocycles. The molecule has 0 saturated heterocycles. The second-order valence-corrected chi connectivity index (χ2v) is 15.5. The zero-order chi connectivity index (χ0) is 26.1. The molecule has 9 atom stereocenters. The molecule has 1 aromatic heterocycles. The number of fused-ring (bicyclic) bond motifs is 5. The number of ketones is 2. The van der Waals surface area contributed by atoms with E-state index in [-0.39, 0.29) is 34.6 Å². The average molecular weight is 544 g/mol. The van der Waals surface area contributed by atoms with E-state index < -0.39 is 0 Å². The van der Waals surface area contributed by atoms with Crippen molar-refractivity contribution in [2.24, 2.45) is 52.3 Å². The molecule has 6 unspecified atom stereocenters. The second-order valence-electron chi connectivity index (χ2n) is 13.8. The summed E-state index contributed by atoms with van der Waals surface area (Å²) in [4.78, 5) is 40.3. The Morgan fingerprint density at radius 2 is 1.81 bits per heavy atom. The van der Waals surface area contributed by atoms with Crippen LogP contribution in [0, 0.1) is 52.3 Å². The predicted molar refractivity (Wildman–Crippen MR) is 147 cm³/mol. The van der Waals surface area contributed by atoms with Gasteiger partial charge in [0.1, 0.15) is 11.6 Å². The van der Waals surface area contributed by atoms with Crippen LogP contribution in [0.2, 0.25) is 4.34 Å². The van der Waals surface area contributed by atoms with Crippen LogP contribution in [-0.4, -0.2) is 17.5 Å². The molecule has 5 aliphatic rings. The minimum Gasteiger partial charge on any atom is -0.348 e. The molecule has 5 aliphatic carbocycles. The van der Waals surface area contributed by atoms with Gasteiger partial charge in [-0.1, -0.05) is 32.4 Å². The topological polar surface area (TPSA) is 63.2 Å². The lowest BCUT2D eigenvalue weighted by Gasteiger charge is -2.59. The normalized spacial score (nSPS) is 40.9. The van der Waals surface area contributed by atoms with E-state index in [1.165, 1.54) is 17.7 Å². The maximum atomic E-state index is 13.6. The summed E-state index contributed by atoms with van der Waals surface area (Å²) in [6.07, 6.45) is 10.3. The molecule has 1 aromatic rings. The number of Topliss-reactive ketones (excluding diaryl/α,β-unsaturated/α-hetero) is 2. The molecule has 37 heavy (non-hydrogen) atoms. The first-order valence-corrected chi connectivity index (χ1v) is 15.9. The Kier molecular flexibility index (Phi) is 6.66. The van der Waals surface area contributed by atoms with E-state index in [1.807, 2.05) is 6.07 Å². The molecule has 6 rings (SSSR count). The van der Waals surface area contributed by atoms with Crippen molar-refractivity contribution < 1.29 is 14.4 Å². The molecule has 5 saturated carbocycles. The summed E-state index contributed by atoms with van der Waals surface area (Å²) >= 11 is 7.78. The Balaban J connectivity index is 1.15. The van der Waals surface area contributed by atoms with Gasteiger partial charge >= 0.3 is 0 Å². The average Bonchev–Trinajstić information content (AvgIpc) is 3.49. The number of carbonyl (C=O) groups is 3. The van der Waals surface area contributed by atoms with Gasteiger partial charge in [0.05, 0.1) is 10.4 Å². The highest BCUT2D eigenvalue weighted by molar-refractivity contribution is 7.16.